The monoisotopic (exact) mass is 558 g/mol. The molecule has 0 N–H and O–H groups in total. The number of benzene rings is 2. The van der Waals surface area contributed by atoms with Gasteiger partial charge in [0.1, 0.15) is 23.0 Å². The number of hydrogen-bond acceptors (Lipinski definition) is 5. The molecule has 2 aromatic carbocycles. The third-order valence-corrected chi connectivity index (χ3v) is 7.45. The van der Waals surface area contributed by atoms with Gasteiger partial charge < -0.3 is 18.9 Å². The molecule has 0 saturated carbocycles. The fraction of sp³-hybridized carbons (Fsp3) is 0.486. The Morgan fingerprint density at radius 2 is 1.63 bits per heavy atom. The maximum atomic E-state index is 9.77. The summed E-state index contributed by atoms with van der Waals surface area (Å²) >= 11 is 0. The number of rotatable bonds is 16. The van der Waals surface area contributed by atoms with Crippen LogP contribution in [0.1, 0.15) is 89.0 Å². The summed E-state index contributed by atoms with van der Waals surface area (Å²) < 4.78 is 24.0. The standard InChI is InChI=1S/C35H46N2O4/c1-10-14-15-26(12-3)23-41-33-16-25(6)32(38-8)18-28(33)17-31(37-7)30-20-35(40-22-24(5)11-2)29(19-34(30)39-9)27(13-4)21-36/h13,16-20,24,26H,10-12,14-15,22-23H2,1-6,8-9H3/b27-13+,31-17-. The predicted octanol–water partition coefficient (Wildman–Crippen LogP) is 9.38. The molecule has 0 aliphatic rings. The second-order valence-electron chi connectivity index (χ2n) is 10.4. The Kier molecular flexibility index (Phi) is 13.8. The van der Waals surface area contributed by atoms with Gasteiger partial charge in [-0.25, -0.2) is 4.85 Å². The maximum Gasteiger partial charge on any atom is 0.198 e. The van der Waals surface area contributed by atoms with Gasteiger partial charge in [0.2, 0.25) is 0 Å². The molecule has 0 bridgehead atoms. The van der Waals surface area contributed by atoms with Crippen LogP contribution in [-0.4, -0.2) is 27.4 Å². The SMILES string of the molecule is [C-]#[N+]/C(=C\c1cc(OC)c(C)cc1OCC(CC)CCCC)c1cc(OCC(C)CC)c(/C(C#N)=C/C)cc1OC. The highest BCUT2D eigenvalue weighted by atomic mass is 16.5. The number of hydrogen-bond donors (Lipinski definition) is 0. The van der Waals surface area contributed by atoms with E-state index < -0.39 is 0 Å². The lowest BCUT2D eigenvalue weighted by atomic mass is 9.99. The van der Waals surface area contributed by atoms with E-state index in [1.54, 1.807) is 26.4 Å². The van der Waals surface area contributed by atoms with Crippen LogP contribution in [0.5, 0.6) is 23.0 Å². The minimum Gasteiger partial charge on any atom is -0.497 e. The van der Waals surface area contributed by atoms with Crippen molar-refractivity contribution in [3.63, 3.8) is 0 Å². The van der Waals surface area contributed by atoms with E-state index in [0.717, 1.165) is 42.6 Å². The fourth-order valence-electron chi connectivity index (χ4n) is 4.45. The number of nitriles is 1. The lowest BCUT2D eigenvalue weighted by Crippen LogP contribution is -2.12. The second kappa shape index (κ2) is 17.0. The van der Waals surface area contributed by atoms with Gasteiger partial charge in [-0.05, 0) is 68.0 Å². The summed E-state index contributed by atoms with van der Waals surface area (Å²) in [4.78, 5) is 3.90. The van der Waals surface area contributed by atoms with Crippen LogP contribution in [-0.2, 0) is 0 Å². The number of nitrogens with zero attached hydrogens (tertiary/aromatic N) is 2. The van der Waals surface area contributed by atoms with Gasteiger partial charge in [-0.3, -0.25) is 0 Å². The molecule has 6 heteroatoms. The fourth-order valence-corrected chi connectivity index (χ4v) is 4.45. The second-order valence-corrected chi connectivity index (χ2v) is 10.4. The maximum absolute atomic E-state index is 9.77. The summed E-state index contributed by atoms with van der Waals surface area (Å²) in [5.74, 6) is 3.27. The van der Waals surface area contributed by atoms with Gasteiger partial charge in [0.25, 0.3) is 0 Å². The Balaban J connectivity index is 2.68. The Morgan fingerprint density at radius 3 is 2.20 bits per heavy atom. The van der Waals surface area contributed by atoms with Crippen molar-refractivity contribution in [2.75, 3.05) is 27.4 Å². The van der Waals surface area contributed by atoms with Crippen molar-refractivity contribution in [3.8, 4) is 29.1 Å². The van der Waals surface area contributed by atoms with E-state index in [1.807, 2.05) is 38.1 Å². The normalized spacial score (nSPS) is 13.1. The van der Waals surface area contributed by atoms with Gasteiger partial charge in [0.15, 0.2) is 5.70 Å². The zero-order valence-corrected chi connectivity index (χ0v) is 26.1. The molecule has 2 aromatic rings. The number of ether oxygens (including phenoxy) is 4. The average molecular weight is 559 g/mol. The van der Waals surface area contributed by atoms with E-state index in [-0.39, 0.29) is 0 Å². The Bertz CT molecular complexity index is 1300. The Labute approximate surface area is 247 Å². The first-order valence-corrected chi connectivity index (χ1v) is 14.6. The van der Waals surface area contributed by atoms with Crippen molar-refractivity contribution >= 4 is 17.3 Å². The summed E-state index contributed by atoms with van der Waals surface area (Å²) in [6.07, 6.45) is 9.05. The summed E-state index contributed by atoms with van der Waals surface area (Å²) in [5.41, 5.74) is 3.79. The molecular formula is C35H46N2O4. The number of unbranched alkanes of at least 4 members (excludes halogenated alkanes) is 1. The molecule has 6 nitrogen and oxygen atoms in total. The van der Waals surface area contributed by atoms with Crippen molar-refractivity contribution in [1.82, 2.24) is 0 Å². The van der Waals surface area contributed by atoms with Crippen molar-refractivity contribution < 1.29 is 18.9 Å². The van der Waals surface area contributed by atoms with Gasteiger partial charge >= 0.3 is 0 Å². The highest BCUT2D eigenvalue weighted by molar-refractivity contribution is 5.91. The van der Waals surface area contributed by atoms with Gasteiger partial charge in [0, 0.05) is 16.7 Å². The molecule has 0 amide bonds. The van der Waals surface area contributed by atoms with Crippen molar-refractivity contribution in [3.05, 3.63) is 64.0 Å². The third kappa shape index (κ3) is 9.05. The molecule has 0 fully saturated rings. The smallest absolute Gasteiger partial charge is 0.198 e. The van der Waals surface area contributed by atoms with Crippen LogP contribution < -0.4 is 18.9 Å². The average Bonchev–Trinajstić information content (AvgIpc) is 3.00. The van der Waals surface area contributed by atoms with Gasteiger partial charge in [-0.15, -0.1) is 0 Å². The quantitative estimate of drug-likeness (QED) is 0.117. The molecule has 0 radical (unpaired) electrons. The Hall–Kier alpha value is -3.90. The third-order valence-electron chi connectivity index (χ3n) is 7.45. The highest BCUT2D eigenvalue weighted by Crippen LogP contribution is 2.40. The first kappa shape index (κ1) is 33.3. The largest absolute Gasteiger partial charge is 0.497 e. The summed E-state index contributed by atoms with van der Waals surface area (Å²) in [6, 6.07) is 9.74. The van der Waals surface area contributed by atoms with Crippen LogP contribution in [0.25, 0.3) is 22.2 Å². The molecule has 220 valence electrons. The molecule has 2 atom stereocenters. The Morgan fingerprint density at radius 1 is 0.951 bits per heavy atom. The van der Waals surface area contributed by atoms with Crippen LogP contribution in [0, 0.1) is 36.7 Å². The molecule has 2 rings (SSSR count). The molecule has 0 heterocycles. The highest BCUT2D eigenvalue weighted by Gasteiger charge is 2.20. The van der Waals surface area contributed by atoms with Crippen molar-refractivity contribution in [1.29, 1.82) is 5.26 Å². The molecule has 0 saturated heterocycles. The van der Waals surface area contributed by atoms with E-state index in [9.17, 15) is 5.26 Å². The number of methoxy groups -OCH3 is 2. The molecule has 0 spiro atoms. The summed E-state index contributed by atoms with van der Waals surface area (Å²) in [7, 11) is 3.21. The topological polar surface area (TPSA) is 65.1 Å². The predicted molar refractivity (Wildman–Crippen MR) is 168 cm³/mol. The zero-order valence-electron chi connectivity index (χ0n) is 26.1. The minimum atomic E-state index is 0.337. The van der Waals surface area contributed by atoms with Crippen molar-refractivity contribution in [2.24, 2.45) is 11.8 Å². The van der Waals surface area contributed by atoms with E-state index in [2.05, 4.69) is 38.6 Å². The van der Waals surface area contributed by atoms with Gasteiger partial charge in [0.05, 0.1) is 45.6 Å². The van der Waals surface area contributed by atoms with Crippen LogP contribution in [0.2, 0.25) is 0 Å². The lowest BCUT2D eigenvalue weighted by Gasteiger charge is -2.19. The van der Waals surface area contributed by atoms with E-state index in [0.29, 0.717) is 64.7 Å². The number of allylic oxidation sites excluding steroid dienone is 2. The molecule has 0 aromatic heterocycles. The van der Waals surface area contributed by atoms with Crippen LogP contribution in [0.15, 0.2) is 30.3 Å². The van der Waals surface area contributed by atoms with Crippen LogP contribution >= 0.6 is 0 Å². The van der Waals surface area contributed by atoms with Crippen molar-refractivity contribution in [2.45, 2.75) is 73.6 Å². The molecule has 0 aliphatic carbocycles. The molecular weight excluding hydrogens is 512 g/mol. The van der Waals surface area contributed by atoms with E-state index in [4.69, 9.17) is 25.5 Å². The minimum absolute atomic E-state index is 0.337. The van der Waals surface area contributed by atoms with Crippen LogP contribution in [0.3, 0.4) is 0 Å². The first-order chi connectivity index (χ1) is 19.8. The van der Waals surface area contributed by atoms with Gasteiger partial charge in [-0.1, -0.05) is 59.5 Å². The van der Waals surface area contributed by atoms with E-state index >= 15 is 0 Å². The van der Waals surface area contributed by atoms with E-state index in [1.165, 1.54) is 6.42 Å². The summed E-state index contributed by atoms with van der Waals surface area (Å²) in [5, 5.41) is 9.77. The van der Waals surface area contributed by atoms with Gasteiger partial charge in [-0.2, -0.15) is 5.26 Å². The summed E-state index contributed by atoms with van der Waals surface area (Å²) in [6.45, 7) is 21.7. The van der Waals surface area contributed by atoms with Crippen LogP contribution in [0.4, 0.5) is 0 Å². The first-order valence-electron chi connectivity index (χ1n) is 14.6. The lowest BCUT2D eigenvalue weighted by molar-refractivity contribution is 0.232. The number of aryl methyl sites for hydroxylation is 1. The zero-order chi connectivity index (χ0) is 30.4. The molecule has 0 aliphatic heterocycles. The molecule has 2 unspecified atom stereocenters. The molecule has 41 heavy (non-hydrogen) atoms.